The van der Waals surface area contributed by atoms with Crippen molar-refractivity contribution in [3.8, 4) is 0 Å². The molecule has 1 amide bonds. The average molecular weight is 513 g/mol. The number of benzene rings is 1. The molecule has 0 N–H and O–H groups in total. The highest BCUT2D eigenvalue weighted by Gasteiger charge is 2.34. The average Bonchev–Trinajstić information content (AvgIpc) is 3.42. The van der Waals surface area contributed by atoms with Gasteiger partial charge in [0.15, 0.2) is 11.4 Å². The number of aryl methyl sites for hydroxylation is 2. The zero-order valence-electron chi connectivity index (χ0n) is 19.1. The Bertz CT molecular complexity index is 1160. The number of likely N-dealkylation sites (N-methyl/N-ethyl adjacent to an activating group) is 1. The number of rotatable bonds is 10. The minimum Gasteiger partial charge on any atom is -0.461 e. The quantitative estimate of drug-likeness (QED) is 0.299. The van der Waals surface area contributed by atoms with E-state index in [-0.39, 0.29) is 36.3 Å². The SMILES string of the molecule is Cc1cc(C(F)(F)F)nn1CC(=O)N(C)CCCc1nc(C(=O)OCCc2ccc(F)cc2)cs1. The van der Waals surface area contributed by atoms with Crippen molar-refractivity contribution in [2.75, 3.05) is 20.2 Å². The molecule has 0 atom stereocenters. The van der Waals surface area contributed by atoms with Gasteiger partial charge in [0.25, 0.3) is 0 Å². The minimum absolute atomic E-state index is 0.143. The Morgan fingerprint density at radius 2 is 1.89 bits per heavy atom. The highest BCUT2D eigenvalue weighted by atomic mass is 32.1. The smallest absolute Gasteiger partial charge is 0.435 e. The van der Waals surface area contributed by atoms with Crippen molar-refractivity contribution in [2.45, 2.75) is 38.9 Å². The standard InChI is InChI=1S/C23H24F4N4O3S/c1-15-12-19(23(25,26)27)29-31(15)13-21(32)30(2)10-3-4-20-28-18(14-35-20)22(33)34-11-9-16-5-7-17(24)8-6-16/h5-8,12,14H,3-4,9-11,13H2,1-2H3. The molecule has 0 radical (unpaired) electrons. The first-order valence-electron chi connectivity index (χ1n) is 10.7. The summed E-state index contributed by atoms with van der Waals surface area (Å²) in [7, 11) is 1.57. The third-order valence-corrected chi connectivity index (χ3v) is 6.07. The predicted octanol–water partition coefficient (Wildman–Crippen LogP) is 4.30. The Morgan fingerprint density at radius 3 is 2.54 bits per heavy atom. The number of hydrogen-bond donors (Lipinski definition) is 0. The summed E-state index contributed by atoms with van der Waals surface area (Å²) in [5.74, 6) is -1.24. The van der Waals surface area contributed by atoms with Crippen molar-refractivity contribution in [3.05, 3.63) is 69.2 Å². The molecule has 0 aliphatic rings. The van der Waals surface area contributed by atoms with Crippen LogP contribution in [0.15, 0.2) is 35.7 Å². The second-order valence-electron chi connectivity index (χ2n) is 7.88. The molecule has 188 valence electrons. The normalized spacial score (nSPS) is 11.5. The number of thiazole rings is 1. The fraction of sp³-hybridized carbons (Fsp3) is 0.391. The highest BCUT2D eigenvalue weighted by molar-refractivity contribution is 7.09. The topological polar surface area (TPSA) is 77.3 Å². The van der Waals surface area contributed by atoms with E-state index in [9.17, 15) is 27.2 Å². The number of ether oxygens (including phenoxy) is 1. The molecule has 7 nitrogen and oxygen atoms in total. The third kappa shape index (κ3) is 7.61. The Balaban J connectivity index is 1.40. The number of alkyl halides is 3. The molecule has 3 rings (SSSR count). The maximum absolute atomic E-state index is 12.9. The number of amides is 1. The summed E-state index contributed by atoms with van der Waals surface area (Å²) in [6.07, 6.45) is -3.03. The predicted molar refractivity (Wildman–Crippen MR) is 120 cm³/mol. The van der Waals surface area contributed by atoms with E-state index >= 15 is 0 Å². The lowest BCUT2D eigenvalue weighted by Crippen LogP contribution is -2.32. The molecule has 2 aromatic heterocycles. The zero-order chi connectivity index (χ0) is 25.6. The van der Waals surface area contributed by atoms with Gasteiger partial charge in [-0.3, -0.25) is 9.48 Å². The number of nitrogens with zero attached hydrogens (tertiary/aromatic N) is 4. The second kappa shape index (κ2) is 11.4. The van der Waals surface area contributed by atoms with Crippen LogP contribution in [-0.2, 0) is 35.1 Å². The third-order valence-electron chi connectivity index (χ3n) is 5.16. The van der Waals surface area contributed by atoms with Crippen molar-refractivity contribution in [3.63, 3.8) is 0 Å². The molecule has 0 saturated heterocycles. The van der Waals surface area contributed by atoms with Crippen LogP contribution < -0.4 is 0 Å². The fourth-order valence-electron chi connectivity index (χ4n) is 3.16. The van der Waals surface area contributed by atoms with Gasteiger partial charge in [-0.15, -0.1) is 11.3 Å². The second-order valence-corrected chi connectivity index (χ2v) is 8.83. The van der Waals surface area contributed by atoms with Crippen molar-refractivity contribution >= 4 is 23.2 Å². The molecular weight excluding hydrogens is 488 g/mol. The van der Waals surface area contributed by atoms with E-state index in [2.05, 4.69) is 10.1 Å². The fourth-order valence-corrected chi connectivity index (χ4v) is 3.97. The number of halogens is 4. The molecule has 0 aliphatic heterocycles. The van der Waals surface area contributed by atoms with Crippen LogP contribution in [0.3, 0.4) is 0 Å². The number of carbonyl (C=O) groups excluding carboxylic acids is 2. The molecule has 0 saturated carbocycles. The van der Waals surface area contributed by atoms with Crippen molar-refractivity contribution in [1.82, 2.24) is 19.7 Å². The van der Waals surface area contributed by atoms with Crippen LogP contribution in [0, 0.1) is 12.7 Å². The molecule has 2 heterocycles. The summed E-state index contributed by atoms with van der Waals surface area (Å²) in [6.45, 7) is 1.68. The lowest BCUT2D eigenvalue weighted by molar-refractivity contribution is -0.142. The lowest BCUT2D eigenvalue weighted by atomic mass is 10.2. The Labute approximate surface area is 203 Å². The molecular formula is C23H24F4N4O3S. The summed E-state index contributed by atoms with van der Waals surface area (Å²) in [5.41, 5.74) is 0.265. The van der Waals surface area contributed by atoms with Crippen LogP contribution >= 0.6 is 11.3 Å². The molecule has 12 heteroatoms. The lowest BCUT2D eigenvalue weighted by Gasteiger charge is -2.17. The maximum atomic E-state index is 12.9. The summed E-state index contributed by atoms with van der Waals surface area (Å²) < 4.78 is 57.5. The van der Waals surface area contributed by atoms with Crippen LogP contribution in [0.1, 0.15) is 38.9 Å². The number of esters is 1. The van der Waals surface area contributed by atoms with Gasteiger partial charge in [-0.25, -0.2) is 14.2 Å². The summed E-state index contributed by atoms with van der Waals surface area (Å²) in [5, 5.41) is 5.77. The van der Waals surface area contributed by atoms with E-state index in [1.807, 2.05) is 0 Å². The van der Waals surface area contributed by atoms with E-state index in [0.717, 1.165) is 16.3 Å². The van der Waals surface area contributed by atoms with E-state index in [1.165, 1.54) is 35.3 Å². The van der Waals surface area contributed by atoms with Crippen molar-refractivity contribution in [1.29, 1.82) is 0 Å². The van der Waals surface area contributed by atoms with Gasteiger partial charge in [-0.05, 0) is 37.1 Å². The Kier molecular flexibility index (Phi) is 8.60. The molecule has 1 aromatic carbocycles. The van der Waals surface area contributed by atoms with Gasteiger partial charge >= 0.3 is 12.1 Å². The number of carbonyl (C=O) groups is 2. The van der Waals surface area contributed by atoms with Crippen LogP contribution in [-0.4, -0.2) is 51.7 Å². The minimum atomic E-state index is -4.56. The van der Waals surface area contributed by atoms with Crippen LogP contribution in [0.5, 0.6) is 0 Å². The van der Waals surface area contributed by atoms with Crippen molar-refractivity contribution in [2.24, 2.45) is 0 Å². The molecule has 0 fully saturated rings. The maximum Gasteiger partial charge on any atom is 0.435 e. The largest absolute Gasteiger partial charge is 0.461 e. The molecule has 3 aromatic rings. The Hall–Kier alpha value is -3.28. The molecule has 0 bridgehead atoms. The highest BCUT2D eigenvalue weighted by Crippen LogP contribution is 2.28. The van der Waals surface area contributed by atoms with Gasteiger partial charge in [-0.2, -0.15) is 18.3 Å². The van der Waals surface area contributed by atoms with Gasteiger partial charge in [-0.1, -0.05) is 12.1 Å². The Morgan fingerprint density at radius 1 is 1.17 bits per heavy atom. The van der Waals surface area contributed by atoms with Crippen molar-refractivity contribution < 1.29 is 31.9 Å². The van der Waals surface area contributed by atoms with Crippen LogP contribution in [0.2, 0.25) is 0 Å². The number of aromatic nitrogens is 3. The molecule has 35 heavy (non-hydrogen) atoms. The van der Waals surface area contributed by atoms with E-state index in [0.29, 0.717) is 30.8 Å². The molecule has 0 aliphatic carbocycles. The van der Waals surface area contributed by atoms with Gasteiger partial charge in [0.1, 0.15) is 12.4 Å². The monoisotopic (exact) mass is 512 g/mol. The summed E-state index contributed by atoms with van der Waals surface area (Å²) >= 11 is 1.30. The van der Waals surface area contributed by atoms with Gasteiger partial charge in [0, 0.05) is 37.5 Å². The summed E-state index contributed by atoms with van der Waals surface area (Å²) in [4.78, 5) is 30.2. The van der Waals surface area contributed by atoms with Crippen LogP contribution in [0.4, 0.5) is 17.6 Å². The van der Waals surface area contributed by atoms with E-state index in [1.54, 1.807) is 24.6 Å². The van der Waals surface area contributed by atoms with Gasteiger partial charge < -0.3 is 9.64 Å². The van der Waals surface area contributed by atoms with E-state index < -0.39 is 17.8 Å². The summed E-state index contributed by atoms with van der Waals surface area (Å²) in [6, 6.07) is 6.85. The molecule has 0 spiro atoms. The first-order valence-corrected chi connectivity index (χ1v) is 11.6. The number of hydrogen-bond acceptors (Lipinski definition) is 6. The first-order chi connectivity index (χ1) is 16.5. The van der Waals surface area contributed by atoms with Gasteiger partial charge in [0.2, 0.25) is 5.91 Å². The zero-order valence-corrected chi connectivity index (χ0v) is 20.0. The molecule has 0 unspecified atom stereocenters. The first kappa shape index (κ1) is 26.3. The van der Waals surface area contributed by atoms with Crippen LogP contribution in [0.25, 0.3) is 0 Å². The van der Waals surface area contributed by atoms with E-state index in [4.69, 9.17) is 4.74 Å². The van der Waals surface area contributed by atoms with Gasteiger partial charge in [0.05, 0.1) is 11.6 Å².